The van der Waals surface area contributed by atoms with E-state index in [1.54, 1.807) is 6.92 Å². The van der Waals surface area contributed by atoms with Crippen LogP contribution in [0, 0.1) is 11.6 Å². The highest BCUT2D eigenvalue weighted by molar-refractivity contribution is 7.89. The second-order valence-corrected chi connectivity index (χ2v) is 6.25. The van der Waals surface area contributed by atoms with E-state index in [0.29, 0.717) is 25.2 Å². The number of nitrogens with two attached hydrogens (primary N) is 1. The Kier molecular flexibility index (Phi) is 4.26. The lowest BCUT2D eigenvalue weighted by atomic mass is 10.1. The molecule has 1 saturated heterocycles. The van der Waals surface area contributed by atoms with Crippen molar-refractivity contribution in [3.05, 3.63) is 29.3 Å². The molecule has 0 saturated carbocycles. The van der Waals surface area contributed by atoms with E-state index in [2.05, 4.69) is 5.32 Å². The number of ether oxygens (including phenoxy) is 1. The largest absolute Gasteiger partial charge is 0.376 e. The van der Waals surface area contributed by atoms with Crippen LogP contribution in [0.4, 0.5) is 8.78 Å². The third-order valence-electron chi connectivity index (χ3n) is 3.28. The van der Waals surface area contributed by atoms with Gasteiger partial charge < -0.3 is 10.1 Å². The standard InChI is InChI=1S/C12H14F2N2O4S/c1-6-8(4-5-20-6)16-12(17)10-7(13)2-3-9(11(10)14)21(15,18)19/h2-3,6,8H,4-5H2,1H3,(H,16,17)(H2,15,18,19). The molecule has 116 valence electrons. The zero-order valence-corrected chi connectivity index (χ0v) is 11.9. The van der Waals surface area contributed by atoms with E-state index in [-0.39, 0.29) is 6.10 Å². The molecule has 1 aliphatic rings. The molecule has 3 N–H and O–H groups in total. The summed E-state index contributed by atoms with van der Waals surface area (Å²) in [6.07, 6.45) is 0.215. The number of rotatable bonds is 3. The molecular formula is C12H14F2N2O4S. The van der Waals surface area contributed by atoms with Crippen molar-refractivity contribution in [2.24, 2.45) is 5.14 Å². The molecule has 1 aromatic rings. The molecule has 2 unspecified atom stereocenters. The van der Waals surface area contributed by atoms with Crippen molar-refractivity contribution in [1.29, 1.82) is 0 Å². The van der Waals surface area contributed by atoms with E-state index in [1.165, 1.54) is 0 Å². The molecule has 1 heterocycles. The highest BCUT2D eigenvalue weighted by Gasteiger charge is 2.30. The first-order valence-corrected chi connectivity index (χ1v) is 7.69. The van der Waals surface area contributed by atoms with Gasteiger partial charge in [0.25, 0.3) is 5.91 Å². The van der Waals surface area contributed by atoms with E-state index in [0.717, 1.165) is 0 Å². The number of sulfonamides is 1. The van der Waals surface area contributed by atoms with Gasteiger partial charge in [-0.05, 0) is 25.5 Å². The van der Waals surface area contributed by atoms with Crippen molar-refractivity contribution in [1.82, 2.24) is 5.32 Å². The third-order valence-corrected chi connectivity index (χ3v) is 4.21. The smallest absolute Gasteiger partial charge is 0.257 e. The van der Waals surface area contributed by atoms with E-state index >= 15 is 0 Å². The molecule has 0 radical (unpaired) electrons. The molecule has 21 heavy (non-hydrogen) atoms. The summed E-state index contributed by atoms with van der Waals surface area (Å²) in [4.78, 5) is 11.1. The summed E-state index contributed by atoms with van der Waals surface area (Å²) in [7, 11) is -4.39. The number of amides is 1. The topological polar surface area (TPSA) is 98.5 Å². The Morgan fingerprint density at radius 3 is 2.62 bits per heavy atom. The van der Waals surface area contributed by atoms with Crippen molar-refractivity contribution in [3.8, 4) is 0 Å². The lowest BCUT2D eigenvalue weighted by Gasteiger charge is -2.17. The molecule has 9 heteroatoms. The maximum Gasteiger partial charge on any atom is 0.257 e. The molecule has 0 aliphatic carbocycles. The Morgan fingerprint density at radius 1 is 1.43 bits per heavy atom. The summed E-state index contributed by atoms with van der Waals surface area (Å²) in [6, 6.07) is 0.971. The van der Waals surface area contributed by atoms with Gasteiger partial charge >= 0.3 is 0 Å². The number of hydrogen-bond acceptors (Lipinski definition) is 4. The van der Waals surface area contributed by atoms with Crippen LogP contribution < -0.4 is 10.5 Å². The Morgan fingerprint density at radius 2 is 2.10 bits per heavy atom. The van der Waals surface area contributed by atoms with Gasteiger partial charge in [-0.1, -0.05) is 0 Å². The normalized spacial score (nSPS) is 22.3. The van der Waals surface area contributed by atoms with Gasteiger partial charge in [-0.25, -0.2) is 22.3 Å². The SMILES string of the molecule is CC1OCCC1NC(=O)c1c(F)ccc(S(N)(=O)=O)c1F. The number of hydrogen-bond donors (Lipinski definition) is 2. The number of nitrogens with one attached hydrogen (secondary N) is 1. The van der Waals surface area contributed by atoms with Gasteiger partial charge in [-0.15, -0.1) is 0 Å². The summed E-state index contributed by atoms with van der Waals surface area (Å²) >= 11 is 0. The van der Waals surface area contributed by atoms with Crippen LogP contribution in [0.5, 0.6) is 0 Å². The number of benzene rings is 1. The first-order valence-electron chi connectivity index (χ1n) is 6.15. The van der Waals surface area contributed by atoms with E-state index < -0.39 is 44.1 Å². The summed E-state index contributed by atoms with van der Waals surface area (Å²) in [5.41, 5.74) is -0.972. The molecular weight excluding hydrogens is 306 g/mol. The van der Waals surface area contributed by atoms with Crippen molar-refractivity contribution in [2.45, 2.75) is 30.4 Å². The fourth-order valence-corrected chi connectivity index (χ4v) is 2.73. The predicted octanol–water partition coefficient (Wildman–Crippen LogP) is 0.519. The number of halogens is 2. The first-order chi connectivity index (χ1) is 9.71. The van der Waals surface area contributed by atoms with E-state index in [9.17, 15) is 22.0 Å². The van der Waals surface area contributed by atoms with Crippen LogP contribution in [0.2, 0.25) is 0 Å². The maximum atomic E-state index is 14.1. The predicted molar refractivity (Wildman–Crippen MR) is 69.0 cm³/mol. The molecule has 1 aromatic carbocycles. The zero-order chi connectivity index (χ0) is 15.8. The summed E-state index contributed by atoms with van der Waals surface area (Å²) in [5.74, 6) is -3.71. The van der Waals surface area contributed by atoms with Crippen molar-refractivity contribution >= 4 is 15.9 Å². The summed E-state index contributed by atoms with van der Waals surface area (Å²) < 4.78 is 55.4. The van der Waals surface area contributed by atoms with Gasteiger partial charge in [0, 0.05) is 6.61 Å². The number of carbonyl (C=O) groups is 1. The quantitative estimate of drug-likeness (QED) is 0.848. The molecule has 1 fully saturated rings. The molecule has 1 amide bonds. The van der Waals surface area contributed by atoms with Crippen LogP contribution in [-0.2, 0) is 14.8 Å². The molecule has 0 bridgehead atoms. The molecule has 2 atom stereocenters. The molecule has 2 rings (SSSR count). The maximum absolute atomic E-state index is 14.1. The van der Waals surface area contributed by atoms with Crippen molar-refractivity contribution < 1.29 is 26.7 Å². The third kappa shape index (κ3) is 3.20. The minimum Gasteiger partial charge on any atom is -0.376 e. The van der Waals surface area contributed by atoms with Crippen LogP contribution in [0.1, 0.15) is 23.7 Å². The molecule has 1 aliphatic heterocycles. The molecule has 0 aromatic heterocycles. The minimum atomic E-state index is -4.39. The van der Waals surface area contributed by atoms with Gasteiger partial charge in [0.05, 0.1) is 12.1 Å². The van der Waals surface area contributed by atoms with Crippen LogP contribution in [0.3, 0.4) is 0 Å². The van der Waals surface area contributed by atoms with Crippen LogP contribution in [0.25, 0.3) is 0 Å². The fraction of sp³-hybridized carbons (Fsp3) is 0.417. The first kappa shape index (κ1) is 15.8. The second-order valence-electron chi connectivity index (χ2n) is 4.72. The van der Waals surface area contributed by atoms with E-state index in [4.69, 9.17) is 9.88 Å². The minimum absolute atomic E-state index is 0.290. The number of primary sulfonamides is 1. The average Bonchev–Trinajstić information content (AvgIpc) is 2.73. The molecule has 0 spiro atoms. The van der Waals surface area contributed by atoms with Crippen molar-refractivity contribution in [2.75, 3.05) is 6.61 Å². The summed E-state index contributed by atoms with van der Waals surface area (Å²) in [5, 5.41) is 7.25. The van der Waals surface area contributed by atoms with Crippen LogP contribution >= 0.6 is 0 Å². The van der Waals surface area contributed by atoms with Gasteiger partial charge in [-0.2, -0.15) is 0 Å². The Bertz CT molecular complexity index is 678. The van der Waals surface area contributed by atoms with Gasteiger partial charge in [0.1, 0.15) is 16.3 Å². The average molecular weight is 320 g/mol. The summed E-state index contributed by atoms with van der Waals surface area (Å²) in [6.45, 7) is 2.14. The number of carbonyl (C=O) groups excluding carboxylic acids is 1. The Labute approximate surface area is 120 Å². The Balaban J connectivity index is 2.36. The Hall–Kier alpha value is -1.58. The monoisotopic (exact) mass is 320 g/mol. The van der Waals surface area contributed by atoms with Crippen molar-refractivity contribution in [3.63, 3.8) is 0 Å². The zero-order valence-electron chi connectivity index (χ0n) is 11.1. The van der Waals surface area contributed by atoms with E-state index in [1.807, 2.05) is 0 Å². The van der Waals surface area contributed by atoms with Crippen LogP contribution in [0.15, 0.2) is 17.0 Å². The van der Waals surface area contributed by atoms with Gasteiger partial charge in [0.2, 0.25) is 10.0 Å². The highest BCUT2D eigenvalue weighted by Crippen LogP contribution is 2.21. The van der Waals surface area contributed by atoms with Gasteiger partial charge in [0.15, 0.2) is 5.82 Å². The lowest BCUT2D eigenvalue weighted by molar-refractivity contribution is 0.0858. The van der Waals surface area contributed by atoms with Gasteiger partial charge in [-0.3, -0.25) is 4.79 Å². The van der Waals surface area contributed by atoms with Crippen LogP contribution in [-0.4, -0.2) is 33.1 Å². The molecule has 6 nitrogen and oxygen atoms in total. The second kappa shape index (κ2) is 5.66. The fourth-order valence-electron chi connectivity index (χ4n) is 2.12. The highest BCUT2D eigenvalue weighted by atomic mass is 32.2. The lowest BCUT2D eigenvalue weighted by Crippen LogP contribution is -2.40.